The van der Waals surface area contributed by atoms with Gasteiger partial charge in [-0.15, -0.1) is 0 Å². The van der Waals surface area contributed by atoms with E-state index >= 15 is 0 Å². The lowest BCUT2D eigenvalue weighted by Crippen LogP contribution is -2.18. The van der Waals surface area contributed by atoms with Crippen molar-refractivity contribution in [1.82, 2.24) is 20.4 Å². The van der Waals surface area contributed by atoms with Crippen LogP contribution in [0.1, 0.15) is 21.9 Å². The second kappa shape index (κ2) is 4.88. The molecule has 9 nitrogen and oxygen atoms in total. The van der Waals surface area contributed by atoms with E-state index < -0.39 is 39.8 Å². The fraction of sp³-hybridized carbons (Fsp3) is 0.222. The van der Waals surface area contributed by atoms with Gasteiger partial charge in [0.2, 0.25) is 5.69 Å². The third-order valence-corrected chi connectivity index (χ3v) is 2.50. The Morgan fingerprint density at radius 2 is 2.10 bits per heavy atom. The second-order valence-corrected chi connectivity index (χ2v) is 3.91. The number of hydrogen-bond acceptors (Lipinski definition) is 5. The van der Waals surface area contributed by atoms with E-state index in [2.05, 4.69) is 20.4 Å². The lowest BCUT2D eigenvalue weighted by Gasteiger charge is -2.07. The number of nitro groups is 1. The molecule has 3 N–H and O–H groups in total. The van der Waals surface area contributed by atoms with Crippen LogP contribution in [-0.2, 0) is 6.18 Å². The summed E-state index contributed by atoms with van der Waals surface area (Å²) in [5.74, 6) is -1.13. The van der Waals surface area contributed by atoms with Crippen LogP contribution < -0.4 is 5.32 Å². The summed E-state index contributed by atoms with van der Waals surface area (Å²) in [6, 6.07) is 0. The van der Waals surface area contributed by atoms with Crippen molar-refractivity contribution in [3.8, 4) is 0 Å². The van der Waals surface area contributed by atoms with Crippen LogP contribution in [0.3, 0.4) is 0 Å². The number of rotatable bonds is 3. The van der Waals surface area contributed by atoms with Gasteiger partial charge in [0.05, 0.1) is 16.3 Å². The van der Waals surface area contributed by atoms with Gasteiger partial charge in [0.15, 0.2) is 5.69 Å². The van der Waals surface area contributed by atoms with Gasteiger partial charge in [0.1, 0.15) is 6.20 Å². The highest BCUT2D eigenvalue weighted by Gasteiger charge is 2.38. The third kappa shape index (κ3) is 2.68. The normalized spacial score (nSPS) is 11.4. The van der Waals surface area contributed by atoms with E-state index in [4.69, 9.17) is 0 Å². The van der Waals surface area contributed by atoms with Crippen LogP contribution in [-0.4, -0.2) is 31.2 Å². The highest BCUT2D eigenvalue weighted by atomic mass is 19.4. The fourth-order valence-electron chi connectivity index (χ4n) is 1.55. The van der Waals surface area contributed by atoms with Gasteiger partial charge in [-0.3, -0.25) is 25.1 Å². The maximum absolute atomic E-state index is 12.7. The van der Waals surface area contributed by atoms with E-state index in [9.17, 15) is 28.1 Å². The minimum absolute atomic E-state index is 0.0437. The summed E-state index contributed by atoms with van der Waals surface area (Å²) in [5.41, 5.74) is -3.18. The molecule has 0 saturated carbocycles. The fourth-order valence-corrected chi connectivity index (χ4v) is 1.55. The van der Waals surface area contributed by atoms with Gasteiger partial charge in [0, 0.05) is 0 Å². The minimum Gasteiger partial charge on any atom is -0.317 e. The third-order valence-electron chi connectivity index (χ3n) is 2.50. The number of carbonyl (C=O) groups is 1. The van der Waals surface area contributed by atoms with Gasteiger partial charge in [-0.1, -0.05) is 0 Å². The molecule has 0 fully saturated rings. The van der Waals surface area contributed by atoms with Crippen molar-refractivity contribution in [3.63, 3.8) is 0 Å². The number of aryl methyl sites for hydroxylation is 1. The molecule has 12 heteroatoms. The van der Waals surface area contributed by atoms with E-state index in [0.29, 0.717) is 0 Å². The lowest BCUT2D eigenvalue weighted by atomic mass is 10.2. The number of nitrogens with zero attached hydrogens (tertiary/aromatic N) is 3. The molecule has 0 bridgehead atoms. The first-order valence-corrected chi connectivity index (χ1v) is 5.33. The van der Waals surface area contributed by atoms with Crippen molar-refractivity contribution < 1.29 is 22.9 Å². The molecule has 21 heavy (non-hydrogen) atoms. The summed E-state index contributed by atoms with van der Waals surface area (Å²) in [6.45, 7) is 1.26. The van der Waals surface area contributed by atoms with Gasteiger partial charge in [0.25, 0.3) is 5.91 Å². The molecule has 0 aromatic carbocycles. The number of amides is 1. The van der Waals surface area contributed by atoms with Crippen molar-refractivity contribution >= 4 is 17.3 Å². The number of aromatic nitrogens is 4. The van der Waals surface area contributed by atoms with Crippen LogP contribution in [0.15, 0.2) is 6.20 Å². The molecule has 0 aliphatic carbocycles. The Hall–Kier alpha value is -2.92. The number of H-pyrrole nitrogens is 2. The van der Waals surface area contributed by atoms with E-state index in [1.54, 1.807) is 0 Å². The Kier molecular flexibility index (Phi) is 3.37. The van der Waals surface area contributed by atoms with Crippen molar-refractivity contribution in [2.24, 2.45) is 0 Å². The minimum atomic E-state index is -4.78. The predicted octanol–water partition coefficient (Wildman–Crippen LogP) is 1.62. The Balaban J connectivity index is 2.35. The Morgan fingerprint density at radius 1 is 1.43 bits per heavy atom. The SMILES string of the molecule is Cc1[nH]nc(C(F)(F)F)c1NC(=O)c1[nH]ncc1[N+](=O)[O-]. The van der Waals surface area contributed by atoms with Crippen molar-refractivity contribution in [1.29, 1.82) is 0 Å². The first kappa shape index (κ1) is 14.5. The molecule has 112 valence electrons. The molecule has 0 unspecified atom stereocenters. The summed E-state index contributed by atoms with van der Waals surface area (Å²) < 4.78 is 38.1. The van der Waals surface area contributed by atoms with Gasteiger partial charge >= 0.3 is 11.9 Å². The van der Waals surface area contributed by atoms with Crippen LogP contribution in [0.5, 0.6) is 0 Å². The maximum Gasteiger partial charge on any atom is 0.437 e. The van der Waals surface area contributed by atoms with E-state index in [-0.39, 0.29) is 5.69 Å². The molecule has 2 rings (SSSR count). The Morgan fingerprint density at radius 3 is 2.67 bits per heavy atom. The average molecular weight is 304 g/mol. The maximum atomic E-state index is 12.7. The van der Waals surface area contributed by atoms with Gasteiger partial charge in [-0.05, 0) is 6.92 Å². The lowest BCUT2D eigenvalue weighted by molar-refractivity contribution is -0.385. The summed E-state index contributed by atoms with van der Waals surface area (Å²) in [6.07, 6.45) is -4.00. The number of hydrogen-bond donors (Lipinski definition) is 3. The first-order chi connectivity index (χ1) is 9.71. The van der Waals surface area contributed by atoms with Crippen LogP contribution in [0.2, 0.25) is 0 Å². The van der Waals surface area contributed by atoms with Crippen LogP contribution in [0, 0.1) is 17.0 Å². The molecule has 2 aromatic heterocycles. The molecule has 0 atom stereocenters. The van der Waals surface area contributed by atoms with Crippen molar-refractivity contribution in [3.05, 3.63) is 33.4 Å². The zero-order chi connectivity index (χ0) is 15.8. The molecule has 1 amide bonds. The largest absolute Gasteiger partial charge is 0.437 e. The summed E-state index contributed by atoms with van der Waals surface area (Å²) in [5, 5.41) is 23.1. The van der Waals surface area contributed by atoms with E-state index in [1.807, 2.05) is 5.32 Å². The zero-order valence-electron chi connectivity index (χ0n) is 10.3. The number of nitrogens with one attached hydrogen (secondary N) is 3. The van der Waals surface area contributed by atoms with E-state index in [0.717, 1.165) is 6.20 Å². The van der Waals surface area contributed by atoms with Crippen LogP contribution in [0.4, 0.5) is 24.5 Å². The number of anilines is 1. The van der Waals surface area contributed by atoms with Crippen LogP contribution in [0.25, 0.3) is 0 Å². The number of alkyl halides is 3. The number of carbonyl (C=O) groups excluding carboxylic acids is 1. The molecular weight excluding hydrogens is 297 g/mol. The zero-order valence-corrected chi connectivity index (χ0v) is 10.3. The van der Waals surface area contributed by atoms with E-state index in [1.165, 1.54) is 6.92 Å². The summed E-state index contributed by atoms with van der Waals surface area (Å²) in [7, 11) is 0. The van der Waals surface area contributed by atoms with Gasteiger partial charge in [-0.2, -0.15) is 23.4 Å². The van der Waals surface area contributed by atoms with Crippen molar-refractivity contribution in [2.45, 2.75) is 13.1 Å². The molecule has 0 saturated heterocycles. The van der Waals surface area contributed by atoms with Crippen molar-refractivity contribution in [2.75, 3.05) is 5.32 Å². The Bertz CT molecular complexity index is 704. The summed E-state index contributed by atoms with van der Waals surface area (Å²) >= 11 is 0. The monoisotopic (exact) mass is 304 g/mol. The highest BCUT2D eigenvalue weighted by Crippen LogP contribution is 2.35. The topological polar surface area (TPSA) is 130 Å². The van der Waals surface area contributed by atoms with Crippen LogP contribution >= 0.6 is 0 Å². The molecule has 0 aliphatic rings. The molecule has 2 aromatic rings. The van der Waals surface area contributed by atoms with Gasteiger partial charge < -0.3 is 5.32 Å². The highest BCUT2D eigenvalue weighted by molar-refractivity contribution is 6.06. The molecule has 0 aliphatic heterocycles. The molecule has 0 radical (unpaired) electrons. The van der Waals surface area contributed by atoms with Gasteiger partial charge in [-0.25, -0.2) is 0 Å². The number of aromatic amines is 2. The first-order valence-electron chi connectivity index (χ1n) is 5.33. The smallest absolute Gasteiger partial charge is 0.317 e. The quantitative estimate of drug-likeness (QED) is 0.586. The molecule has 0 spiro atoms. The number of halogens is 3. The standard InChI is InChI=1S/C9H7F3N6O3/c1-3-5(7(17-15-3)9(10,11)12)14-8(19)6-4(18(20)21)2-13-16-6/h2H,1H3,(H,13,16)(H,14,19)(H,15,17). The second-order valence-electron chi connectivity index (χ2n) is 3.91. The molecule has 2 heterocycles. The Labute approximate surface area is 113 Å². The molecular formula is C9H7F3N6O3. The average Bonchev–Trinajstić information content (AvgIpc) is 2.96. The predicted molar refractivity (Wildman–Crippen MR) is 61.5 cm³/mol. The summed E-state index contributed by atoms with van der Waals surface area (Å²) in [4.78, 5) is 21.6.